The van der Waals surface area contributed by atoms with Crippen molar-refractivity contribution in [1.29, 1.82) is 0 Å². The smallest absolute Gasteiger partial charge is 0.331 e. The Morgan fingerprint density at radius 2 is 2.10 bits per heavy atom. The Balaban J connectivity index is 2.03. The van der Waals surface area contributed by atoms with Gasteiger partial charge in [-0.1, -0.05) is 38.0 Å². The minimum atomic E-state index is -1.04. The molecule has 0 amide bonds. The molecule has 0 spiro atoms. The summed E-state index contributed by atoms with van der Waals surface area (Å²) >= 11 is 1.61. The van der Waals surface area contributed by atoms with E-state index in [1.54, 1.807) is 11.9 Å². The lowest BCUT2D eigenvalue weighted by molar-refractivity contribution is -0.131. The quantitative estimate of drug-likeness (QED) is 0.348. The number of benzene rings is 2. The first kappa shape index (κ1) is 22.1. The van der Waals surface area contributed by atoms with Gasteiger partial charge in [0, 0.05) is 32.4 Å². The second kappa shape index (κ2) is 10.4. The predicted octanol–water partition coefficient (Wildman–Crippen LogP) is 5.04. The zero-order chi connectivity index (χ0) is 21.5. The summed E-state index contributed by atoms with van der Waals surface area (Å²) < 4.78 is 9.30. The van der Waals surface area contributed by atoms with Crippen molar-refractivity contribution in [3.05, 3.63) is 54.8 Å². The van der Waals surface area contributed by atoms with Crippen molar-refractivity contribution in [2.24, 2.45) is 0 Å². The van der Waals surface area contributed by atoms with Gasteiger partial charge in [-0.05, 0) is 42.6 Å². The van der Waals surface area contributed by atoms with Crippen LogP contribution in [0.15, 0.2) is 59.7 Å². The van der Waals surface area contributed by atoms with E-state index < -0.39 is 5.97 Å². The molecule has 160 valence electrons. The van der Waals surface area contributed by atoms with Gasteiger partial charge in [0.25, 0.3) is 0 Å². The van der Waals surface area contributed by atoms with E-state index in [4.69, 9.17) is 9.84 Å². The summed E-state index contributed by atoms with van der Waals surface area (Å²) in [5.74, 6) is -0.424. The highest BCUT2D eigenvalue weighted by Gasteiger charge is 2.25. The van der Waals surface area contributed by atoms with Gasteiger partial charge in [-0.2, -0.15) is 0 Å². The highest BCUT2D eigenvalue weighted by molar-refractivity contribution is 7.97. The summed E-state index contributed by atoms with van der Waals surface area (Å²) in [5.41, 5.74) is 3.14. The number of hydrogen-bond donors (Lipinski definition) is 2. The number of carboxylic acid groups (broad SMARTS) is 1. The number of para-hydroxylation sites is 1. The second-order valence-electron chi connectivity index (χ2n) is 7.45. The fourth-order valence-electron chi connectivity index (χ4n) is 3.40. The standard InChI is InChI=1S/C23H29N3O3S/c1-4-5-9-17-16-26(18-10-7-6-8-11-18)20-14-19(25(2)3)21(15-22(20)30-24-17)29-13-12-23(27)28/h6-8,10-15,17,24H,4-5,9,16H2,1-3H3,(H,27,28)/b13-12+/t17-/m0/s1. The van der Waals surface area contributed by atoms with E-state index in [9.17, 15) is 4.79 Å². The highest BCUT2D eigenvalue weighted by Crippen LogP contribution is 2.43. The van der Waals surface area contributed by atoms with E-state index >= 15 is 0 Å². The van der Waals surface area contributed by atoms with Crippen LogP contribution in [0.3, 0.4) is 0 Å². The van der Waals surface area contributed by atoms with E-state index in [2.05, 4.69) is 46.9 Å². The lowest BCUT2D eigenvalue weighted by atomic mass is 10.1. The molecule has 7 heteroatoms. The van der Waals surface area contributed by atoms with E-state index in [1.165, 1.54) is 19.1 Å². The van der Waals surface area contributed by atoms with Crippen LogP contribution in [-0.2, 0) is 4.79 Å². The Morgan fingerprint density at radius 1 is 1.33 bits per heavy atom. The molecule has 0 radical (unpaired) electrons. The molecule has 1 atom stereocenters. The number of rotatable bonds is 8. The van der Waals surface area contributed by atoms with Gasteiger partial charge in [0.15, 0.2) is 5.75 Å². The van der Waals surface area contributed by atoms with Crippen LogP contribution in [-0.4, -0.2) is 37.8 Å². The average molecular weight is 428 g/mol. The van der Waals surface area contributed by atoms with Crippen LogP contribution >= 0.6 is 11.9 Å². The first-order chi connectivity index (χ1) is 14.5. The molecule has 0 saturated carbocycles. The van der Waals surface area contributed by atoms with E-state index in [1.807, 2.05) is 31.1 Å². The van der Waals surface area contributed by atoms with E-state index in [-0.39, 0.29) is 0 Å². The van der Waals surface area contributed by atoms with Gasteiger partial charge in [-0.3, -0.25) is 4.72 Å². The Hall–Kier alpha value is -2.64. The number of fused-ring (bicyclic) bond motifs is 1. The Bertz CT molecular complexity index is 887. The van der Waals surface area contributed by atoms with Gasteiger partial charge in [-0.15, -0.1) is 0 Å². The molecule has 30 heavy (non-hydrogen) atoms. The van der Waals surface area contributed by atoms with Crippen LogP contribution in [0.25, 0.3) is 0 Å². The number of nitrogens with one attached hydrogen (secondary N) is 1. The molecular formula is C23H29N3O3S. The number of nitrogens with zero attached hydrogens (tertiary/aromatic N) is 2. The summed E-state index contributed by atoms with van der Waals surface area (Å²) in [6, 6.07) is 14.8. The summed E-state index contributed by atoms with van der Waals surface area (Å²) in [4.78, 5) is 16.2. The molecule has 0 bridgehead atoms. The zero-order valence-electron chi connectivity index (χ0n) is 17.7. The first-order valence-electron chi connectivity index (χ1n) is 10.2. The fraction of sp³-hybridized carbons (Fsp3) is 0.348. The van der Waals surface area contributed by atoms with Crippen LogP contribution < -0.4 is 19.3 Å². The molecule has 1 aliphatic rings. The monoisotopic (exact) mass is 427 g/mol. The molecule has 1 aliphatic heterocycles. The number of hydrogen-bond acceptors (Lipinski definition) is 6. The maximum Gasteiger partial charge on any atom is 0.331 e. The summed E-state index contributed by atoms with van der Waals surface area (Å²) in [7, 11) is 3.91. The number of carboxylic acids is 1. The number of anilines is 3. The van der Waals surface area contributed by atoms with Crippen molar-refractivity contribution in [1.82, 2.24) is 4.72 Å². The number of aliphatic carboxylic acids is 1. The minimum absolute atomic E-state index is 0.349. The lowest BCUT2D eigenvalue weighted by Crippen LogP contribution is -2.34. The van der Waals surface area contributed by atoms with Crippen LogP contribution in [0.2, 0.25) is 0 Å². The summed E-state index contributed by atoms with van der Waals surface area (Å²) in [6.45, 7) is 3.08. The molecule has 3 rings (SSSR count). The van der Waals surface area contributed by atoms with Gasteiger partial charge in [0.1, 0.15) is 0 Å². The van der Waals surface area contributed by atoms with Crippen LogP contribution in [0.5, 0.6) is 5.75 Å². The maximum atomic E-state index is 10.8. The van der Waals surface area contributed by atoms with Gasteiger partial charge in [0.05, 0.1) is 28.6 Å². The predicted molar refractivity (Wildman–Crippen MR) is 124 cm³/mol. The minimum Gasteiger partial charge on any atom is -0.478 e. The molecule has 2 aromatic rings. The van der Waals surface area contributed by atoms with Gasteiger partial charge in [-0.25, -0.2) is 4.79 Å². The maximum absolute atomic E-state index is 10.8. The van der Waals surface area contributed by atoms with Crippen LogP contribution in [0.1, 0.15) is 26.2 Å². The molecule has 0 saturated heterocycles. The second-order valence-corrected chi connectivity index (χ2v) is 8.33. The largest absolute Gasteiger partial charge is 0.478 e. The van der Waals surface area contributed by atoms with Crippen LogP contribution in [0, 0.1) is 0 Å². The molecule has 0 fully saturated rings. The van der Waals surface area contributed by atoms with E-state index in [0.717, 1.165) is 41.0 Å². The average Bonchev–Trinajstić information content (AvgIpc) is 2.91. The summed E-state index contributed by atoms with van der Waals surface area (Å²) in [6.07, 6.45) is 5.65. The number of unbranched alkanes of at least 4 members (excludes halogenated alkanes) is 1. The third-order valence-electron chi connectivity index (χ3n) is 4.93. The molecule has 2 aromatic carbocycles. The van der Waals surface area contributed by atoms with Crippen molar-refractivity contribution in [2.45, 2.75) is 37.1 Å². The molecule has 6 nitrogen and oxygen atoms in total. The third kappa shape index (κ3) is 5.49. The molecule has 1 heterocycles. The zero-order valence-corrected chi connectivity index (χ0v) is 18.5. The SMILES string of the molecule is CCCC[C@H]1CN(c2ccccc2)c2cc(N(C)C)c(O/C=C/C(=O)O)cc2SN1. The Kier molecular flexibility index (Phi) is 7.65. The molecular weight excluding hydrogens is 398 g/mol. The van der Waals surface area contributed by atoms with Crippen molar-refractivity contribution in [3.63, 3.8) is 0 Å². The Morgan fingerprint density at radius 3 is 2.77 bits per heavy atom. The van der Waals surface area contributed by atoms with Gasteiger partial charge in [0.2, 0.25) is 0 Å². The van der Waals surface area contributed by atoms with Crippen molar-refractivity contribution < 1.29 is 14.6 Å². The van der Waals surface area contributed by atoms with Gasteiger partial charge >= 0.3 is 5.97 Å². The number of ether oxygens (including phenoxy) is 1. The normalized spacial score (nSPS) is 16.2. The third-order valence-corrected chi connectivity index (χ3v) is 5.93. The molecule has 2 N–H and O–H groups in total. The first-order valence-corrected chi connectivity index (χ1v) is 11.0. The highest BCUT2D eigenvalue weighted by atomic mass is 32.2. The van der Waals surface area contributed by atoms with Crippen LogP contribution in [0.4, 0.5) is 17.1 Å². The van der Waals surface area contributed by atoms with Crippen molar-refractivity contribution >= 4 is 35.0 Å². The van der Waals surface area contributed by atoms with Gasteiger partial charge < -0.3 is 19.6 Å². The molecule has 0 aliphatic carbocycles. The summed E-state index contributed by atoms with van der Waals surface area (Å²) in [5, 5.41) is 8.86. The molecule has 0 unspecified atom stereocenters. The fourth-order valence-corrected chi connectivity index (χ4v) is 4.32. The van der Waals surface area contributed by atoms with Crippen molar-refractivity contribution in [2.75, 3.05) is 30.4 Å². The van der Waals surface area contributed by atoms with Crippen molar-refractivity contribution in [3.8, 4) is 5.75 Å². The number of carbonyl (C=O) groups is 1. The Labute approximate surface area is 182 Å². The van der Waals surface area contributed by atoms with E-state index in [0.29, 0.717) is 11.8 Å². The lowest BCUT2D eigenvalue weighted by Gasteiger charge is -2.29. The molecule has 0 aromatic heterocycles. The topological polar surface area (TPSA) is 65.0 Å².